The van der Waals surface area contributed by atoms with Crippen LogP contribution in [-0.2, 0) is 4.79 Å². The van der Waals surface area contributed by atoms with E-state index in [0.717, 1.165) is 25.0 Å². The summed E-state index contributed by atoms with van der Waals surface area (Å²) in [6.07, 6.45) is 5.88. The average molecular weight is 256 g/mol. The Balaban J connectivity index is 2.06. The predicted octanol–water partition coefficient (Wildman–Crippen LogP) is 2.22. The first-order valence-corrected chi connectivity index (χ1v) is 8.09. The van der Waals surface area contributed by atoms with Gasteiger partial charge in [-0.1, -0.05) is 20.3 Å². The zero-order chi connectivity index (χ0) is 12.3. The van der Waals surface area contributed by atoms with Gasteiger partial charge in [-0.3, -0.25) is 10.1 Å². The van der Waals surface area contributed by atoms with E-state index in [1.807, 2.05) is 11.8 Å². The molecule has 0 aromatic carbocycles. The van der Waals surface area contributed by atoms with Gasteiger partial charge in [-0.05, 0) is 31.4 Å². The number of hydrogen-bond donors (Lipinski definition) is 1. The molecule has 98 valence electrons. The smallest absolute Gasteiger partial charge is 0.241 e. The molecule has 0 aliphatic carbocycles. The molecule has 4 heteroatoms. The molecule has 2 aliphatic rings. The third-order valence-corrected chi connectivity index (χ3v) is 4.98. The Morgan fingerprint density at radius 1 is 1.47 bits per heavy atom. The van der Waals surface area contributed by atoms with Crippen LogP contribution in [0, 0.1) is 0 Å². The molecule has 3 unspecified atom stereocenters. The van der Waals surface area contributed by atoms with Crippen molar-refractivity contribution in [3.63, 3.8) is 0 Å². The summed E-state index contributed by atoms with van der Waals surface area (Å²) < 4.78 is 0. The zero-order valence-corrected chi connectivity index (χ0v) is 11.8. The van der Waals surface area contributed by atoms with Crippen LogP contribution in [-0.4, -0.2) is 40.6 Å². The number of carbonyl (C=O) groups excluding carboxylic acids is 1. The maximum atomic E-state index is 12.4. The van der Waals surface area contributed by atoms with Crippen LogP contribution in [0.25, 0.3) is 0 Å². The molecule has 17 heavy (non-hydrogen) atoms. The highest BCUT2D eigenvalue weighted by Crippen LogP contribution is 2.28. The number of rotatable bonds is 4. The number of nitrogens with one attached hydrogen (secondary N) is 1. The second kappa shape index (κ2) is 6.10. The van der Waals surface area contributed by atoms with E-state index in [2.05, 4.69) is 24.1 Å². The fourth-order valence-electron chi connectivity index (χ4n) is 2.88. The Bertz CT molecular complexity index is 266. The maximum Gasteiger partial charge on any atom is 0.241 e. The molecule has 0 saturated carbocycles. The van der Waals surface area contributed by atoms with Gasteiger partial charge >= 0.3 is 0 Å². The number of hydrogen-bond acceptors (Lipinski definition) is 3. The van der Waals surface area contributed by atoms with E-state index in [0.29, 0.717) is 18.1 Å². The molecule has 2 saturated heterocycles. The molecule has 2 rings (SSSR count). The maximum absolute atomic E-state index is 12.4. The van der Waals surface area contributed by atoms with Crippen LogP contribution in [0.1, 0.15) is 46.0 Å². The van der Waals surface area contributed by atoms with E-state index >= 15 is 0 Å². The minimum Gasteiger partial charge on any atom is -0.322 e. The highest BCUT2D eigenvalue weighted by molar-refractivity contribution is 7.99. The SMILES string of the molecule is CCCC1NC(CC)C(=O)N1C1CCCSC1. The lowest BCUT2D eigenvalue weighted by molar-refractivity contribution is -0.132. The number of thioether (sulfide) groups is 1. The molecule has 0 radical (unpaired) electrons. The molecule has 3 nitrogen and oxygen atoms in total. The van der Waals surface area contributed by atoms with Crippen molar-refractivity contribution in [2.75, 3.05) is 11.5 Å². The van der Waals surface area contributed by atoms with Gasteiger partial charge in [-0.15, -0.1) is 0 Å². The topological polar surface area (TPSA) is 32.3 Å². The Morgan fingerprint density at radius 3 is 2.88 bits per heavy atom. The molecule has 1 amide bonds. The average Bonchev–Trinajstić information content (AvgIpc) is 2.67. The third-order valence-electron chi connectivity index (χ3n) is 3.78. The second-order valence-electron chi connectivity index (χ2n) is 5.05. The normalized spacial score (nSPS) is 34.4. The third kappa shape index (κ3) is 2.79. The van der Waals surface area contributed by atoms with Crippen molar-refractivity contribution in [3.8, 4) is 0 Å². The van der Waals surface area contributed by atoms with Crippen molar-refractivity contribution >= 4 is 17.7 Å². The van der Waals surface area contributed by atoms with Gasteiger partial charge in [0.15, 0.2) is 0 Å². The van der Waals surface area contributed by atoms with E-state index in [4.69, 9.17) is 0 Å². The molecule has 3 atom stereocenters. The van der Waals surface area contributed by atoms with Gasteiger partial charge in [0, 0.05) is 11.8 Å². The lowest BCUT2D eigenvalue weighted by Gasteiger charge is -2.34. The molecule has 0 spiro atoms. The molecule has 2 fully saturated rings. The van der Waals surface area contributed by atoms with Gasteiger partial charge < -0.3 is 4.90 Å². The molecular formula is C13H24N2OS. The first-order chi connectivity index (χ1) is 8.27. The molecule has 2 heterocycles. The summed E-state index contributed by atoms with van der Waals surface area (Å²) in [7, 11) is 0. The lowest BCUT2D eigenvalue weighted by Crippen LogP contribution is -2.46. The Labute approximate surface area is 109 Å². The lowest BCUT2D eigenvalue weighted by atomic mass is 10.1. The fraction of sp³-hybridized carbons (Fsp3) is 0.923. The summed E-state index contributed by atoms with van der Waals surface area (Å²) in [6, 6.07) is 0.542. The Kier molecular flexibility index (Phi) is 4.74. The van der Waals surface area contributed by atoms with Crippen LogP contribution in [0.5, 0.6) is 0 Å². The molecule has 0 bridgehead atoms. The molecule has 2 aliphatic heterocycles. The first-order valence-electron chi connectivity index (χ1n) is 6.93. The van der Waals surface area contributed by atoms with Crippen molar-refractivity contribution < 1.29 is 4.79 Å². The molecule has 0 aromatic rings. The van der Waals surface area contributed by atoms with Crippen molar-refractivity contribution in [3.05, 3.63) is 0 Å². The summed E-state index contributed by atoms with van der Waals surface area (Å²) in [5.74, 6) is 2.74. The van der Waals surface area contributed by atoms with Gasteiger partial charge in [0.2, 0.25) is 5.91 Å². The van der Waals surface area contributed by atoms with E-state index in [9.17, 15) is 4.79 Å². The van der Waals surface area contributed by atoms with E-state index < -0.39 is 0 Å². The van der Waals surface area contributed by atoms with Crippen molar-refractivity contribution in [2.24, 2.45) is 0 Å². The first kappa shape index (κ1) is 13.2. The van der Waals surface area contributed by atoms with Crippen molar-refractivity contribution in [1.29, 1.82) is 0 Å². The monoisotopic (exact) mass is 256 g/mol. The van der Waals surface area contributed by atoms with E-state index in [1.165, 1.54) is 18.6 Å². The quantitative estimate of drug-likeness (QED) is 0.837. The van der Waals surface area contributed by atoms with Gasteiger partial charge in [0.1, 0.15) is 0 Å². The molecule has 0 aromatic heterocycles. The van der Waals surface area contributed by atoms with Crippen LogP contribution in [0.2, 0.25) is 0 Å². The number of carbonyl (C=O) groups is 1. The molecule has 1 N–H and O–H groups in total. The van der Waals surface area contributed by atoms with Crippen LogP contribution in [0.3, 0.4) is 0 Å². The second-order valence-corrected chi connectivity index (χ2v) is 6.20. The summed E-state index contributed by atoms with van der Waals surface area (Å²) in [5.41, 5.74) is 0. The van der Waals surface area contributed by atoms with E-state index in [-0.39, 0.29) is 6.04 Å². The predicted molar refractivity (Wildman–Crippen MR) is 73.1 cm³/mol. The summed E-state index contributed by atoms with van der Waals surface area (Å²) in [5, 5.41) is 3.51. The minimum atomic E-state index is 0.0680. The van der Waals surface area contributed by atoms with Crippen LogP contribution in [0.4, 0.5) is 0 Å². The highest BCUT2D eigenvalue weighted by Gasteiger charge is 2.41. The fourth-order valence-corrected chi connectivity index (χ4v) is 4.02. The van der Waals surface area contributed by atoms with Crippen molar-refractivity contribution in [2.45, 2.75) is 64.2 Å². The van der Waals surface area contributed by atoms with Crippen LogP contribution < -0.4 is 5.32 Å². The number of amides is 1. The minimum absolute atomic E-state index is 0.0680. The Hall–Kier alpha value is -0.220. The zero-order valence-electron chi connectivity index (χ0n) is 10.9. The Morgan fingerprint density at radius 2 is 2.29 bits per heavy atom. The van der Waals surface area contributed by atoms with Gasteiger partial charge in [0.05, 0.1) is 12.2 Å². The van der Waals surface area contributed by atoms with E-state index in [1.54, 1.807) is 0 Å². The van der Waals surface area contributed by atoms with Crippen molar-refractivity contribution in [1.82, 2.24) is 10.2 Å². The van der Waals surface area contributed by atoms with Gasteiger partial charge in [-0.25, -0.2) is 0 Å². The summed E-state index contributed by atoms with van der Waals surface area (Å²) >= 11 is 2.00. The standard InChI is InChI=1S/C13H24N2OS/c1-3-6-12-14-11(4-2)13(16)15(12)10-7-5-8-17-9-10/h10-12,14H,3-9H2,1-2H3. The van der Waals surface area contributed by atoms with Gasteiger partial charge in [0.25, 0.3) is 0 Å². The summed E-state index contributed by atoms with van der Waals surface area (Å²) in [4.78, 5) is 14.5. The highest BCUT2D eigenvalue weighted by atomic mass is 32.2. The number of nitrogens with zero attached hydrogens (tertiary/aromatic N) is 1. The van der Waals surface area contributed by atoms with Crippen LogP contribution in [0.15, 0.2) is 0 Å². The largest absolute Gasteiger partial charge is 0.322 e. The summed E-state index contributed by atoms with van der Waals surface area (Å²) in [6.45, 7) is 4.29. The molecular weight excluding hydrogens is 232 g/mol. The van der Waals surface area contributed by atoms with Gasteiger partial charge in [-0.2, -0.15) is 11.8 Å². The van der Waals surface area contributed by atoms with Crippen LogP contribution >= 0.6 is 11.8 Å².